The number of aromatic nitrogens is 2. The van der Waals surface area contributed by atoms with Crippen LogP contribution < -0.4 is 15.5 Å². The number of hydrogen-bond donors (Lipinski definition) is 2. The molecular formula is C32H35N5O2. The summed E-state index contributed by atoms with van der Waals surface area (Å²) in [6, 6.07) is 18.7. The van der Waals surface area contributed by atoms with E-state index < -0.39 is 0 Å². The molecule has 39 heavy (non-hydrogen) atoms. The van der Waals surface area contributed by atoms with E-state index in [1.165, 1.54) is 16.5 Å². The number of Topliss-reactive ketones (excluding diaryl/α,β-unsaturated/α-hetero) is 1. The molecule has 0 atom stereocenters. The largest absolute Gasteiger partial charge is 0.362 e. The van der Waals surface area contributed by atoms with Gasteiger partial charge in [-0.1, -0.05) is 42.5 Å². The fourth-order valence-corrected chi connectivity index (χ4v) is 6.18. The van der Waals surface area contributed by atoms with Crippen LogP contribution >= 0.6 is 0 Å². The van der Waals surface area contributed by atoms with Crippen molar-refractivity contribution < 1.29 is 9.59 Å². The number of nitrogens with one attached hydrogen (secondary N) is 2. The molecule has 0 unspecified atom stereocenters. The van der Waals surface area contributed by atoms with Crippen LogP contribution in [0.25, 0.3) is 21.7 Å². The highest BCUT2D eigenvalue weighted by Gasteiger charge is 2.24. The van der Waals surface area contributed by atoms with Crippen molar-refractivity contribution in [2.24, 2.45) is 0 Å². The van der Waals surface area contributed by atoms with Gasteiger partial charge in [0.1, 0.15) is 5.82 Å². The molecule has 1 saturated carbocycles. The first kappa shape index (κ1) is 25.3. The summed E-state index contributed by atoms with van der Waals surface area (Å²) < 4.78 is 0. The van der Waals surface area contributed by atoms with Gasteiger partial charge in [0.15, 0.2) is 5.78 Å². The Balaban J connectivity index is 1.01. The van der Waals surface area contributed by atoms with Gasteiger partial charge in [-0.15, -0.1) is 0 Å². The molecule has 200 valence electrons. The van der Waals surface area contributed by atoms with Crippen LogP contribution in [0.15, 0.2) is 54.6 Å². The smallest absolute Gasteiger partial charge is 0.225 e. The van der Waals surface area contributed by atoms with Gasteiger partial charge in [-0.05, 0) is 72.6 Å². The monoisotopic (exact) mass is 521 g/mol. The molecule has 1 heterocycles. The number of carbonyl (C=O) groups is 2. The van der Waals surface area contributed by atoms with Crippen molar-refractivity contribution in [3.63, 3.8) is 0 Å². The summed E-state index contributed by atoms with van der Waals surface area (Å²) in [4.78, 5) is 37.3. The van der Waals surface area contributed by atoms with Crippen molar-refractivity contribution in [1.29, 1.82) is 0 Å². The number of benzene rings is 3. The number of para-hydroxylation sites is 1. The number of nitrogens with zero attached hydrogens (tertiary/aromatic N) is 3. The van der Waals surface area contributed by atoms with E-state index in [-0.39, 0.29) is 36.6 Å². The molecular weight excluding hydrogens is 486 g/mol. The molecule has 2 aliphatic carbocycles. The average Bonchev–Trinajstić information content (AvgIpc) is 3.37. The van der Waals surface area contributed by atoms with Gasteiger partial charge < -0.3 is 15.5 Å². The van der Waals surface area contributed by atoms with E-state index in [1.807, 2.05) is 61.5 Å². The predicted molar refractivity (Wildman–Crippen MR) is 157 cm³/mol. The summed E-state index contributed by atoms with van der Waals surface area (Å²) in [5, 5.41) is 10.00. The fraction of sp³-hybridized carbons (Fsp3) is 0.375. The first-order valence-electron chi connectivity index (χ1n) is 14.0. The van der Waals surface area contributed by atoms with Crippen molar-refractivity contribution in [3.05, 3.63) is 71.3 Å². The second kappa shape index (κ2) is 10.6. The maximum Gasteiger partial charge on any atom is 0.225 e. The maximum absolute atomic E-state index is 13.1. The lowest BCUT2D eigenvalue weighted by Crippen LogP contribution is -2.40. The van der Waals surface area contributed by atoms with Crippen LogP contribution in [-0.2, 0) is 17.6 Å². The molecule has 7 nitrogen and oxygen atoms in total. The Morgan fingerprint density at radius 1 is 0.821 bits per heavy atom. The van der Waals surface area contributed by atoms with E-state index in [4.69, 9.17) is 9.97 Å². The predicted octanol–water partition coefficient (Wildman–Crippen LogP) is 5.45. The summed E-state index contributed by atoms with van der Waals surface area (Å²) >= 11 is 0. The first-order valence-corrected chi connectivity index (χ1v) is 14.0. The van der Waals surface area contributed by atoms with E-state index >= 15 is 0 Å². The van der Waals surface area contributed by atoms with E-state index in [2.05, 4.69) is 22.8 Å². The number of rotatable bonds is 8. The Morgan fingerprint density at radius 2 is 1.54 bits per heavy atom. The summed E-state index contributed by atoms with van der Waals surface area (Å²) in [7, 11) is 3.99. The molecule has 0 saturated heterocycles. The normalized spacial score (nSPS) is 18.3. The maximum atomic E-state index is 13.1. The number of carbonyl (C=O) groups excluding carboxylic acids is 2. The van der Waals surface area contributed by atoms with Crippen molar-refractivity contribution in [2.45, 2.75) is 63.5 Å². The number of hydrogen-bond acceptors (Lipinski definition) is 6. The minimum Gasteiger partial charge on any atom is -0.362 e. The number of anilines is 2. The highest BCUT2D eigenvalue weighted by atomic mass is 16.2. The molecule has 6 rings (SSSR count). The Morgan fingerprint density at radius 3 is 2.33 bits per heavy atom. The van der Waals surface area contributed by atoms with Crippen LogP contribution in [0.5, 0.6) is 0 Å². The van der Waals surface area contributed by atoms with Gasteiger partial charge in [0.2, 0.25) is 11.9 Å². The molecule has 1 amide bonds. The minimum absolute atomic E-state index is 0.0424. The van der Waals surface area contributed by atoms with Gasteiger partial charge in [-0.3, -0.25) is 9.59 Å². The van der Waals surface area contributed by atoms with E-state index in [1.54, 1.807) is 0 Å². The topological polar surface area (TPSA) is 87.2 Å². The highest BCUT2D eigenvalue weighted by molar-refractivity contribution is 6.10. The molecule has 7 heteroatoms. The third-order valence-corrected chi connectivity index (χ3v) is 8.19. The van der Waals surface area contributed by atoms with E-state index in [9.17, 15) is 9.59 Å². The SMILES string of the molecule is CN(C)c1nc(N[C@H]2CC[C@@H](NC(=O)CCC(=O)c3ccc4c5c(cccc35)CC4)CC2)nc2ccccc12. The summed E-state index contributed by atoms with van der Waals surface area (Å²) in [6.07, 6.45) is 6.16. The van der Waals surface area contributed by atoms with Crippen molar-refractivity contribution >= 4 is 45.1 Å². The van der Waals surface area contributed by atoms with Crippen LogP contribution in [0.2, 0.25) is 0 Å². The van der Waals surface area contributed by atoms with Gasteiger partial charge in [-0.2, -0.15) is 4.98 Å². The second-order valence-corrected chi connectivity index (χ2v) is 11.1. The summed E-state index contributed by atoms with van der Waals surface area (Å²) in [5.41, 5.74) is 4.31. The standard InChI is InChI=1S/C32H35N5O2/c1-37(2)31-26-7-3-4-9-27(26)35-32(36-31)34-23-15-13-22(14-16-23)33-29(39)19-18-28(38)24-17-12-21-11-10-20-6-5-8-25(24)30(20)21/h3-9,12,17,22-23H,10-11,13-16,18-19H2,1-2H3,(H,33,39)(H,34,35,36)/t22-,23+. The van der Waals surface area contributed by atoms with Crippen molar-refractivity contribution in [2.75, 3.05) is 24.3 Å². The summed E-state index contributed by atoms with van der Waals surface area (Å²) in [5.74, 6) is 1.54. The molecule has 2 aliphatic rings. The molecule has 0 spiro atoms. The fourth-order valence-electron chi connectivity index (χ4n) is 6.18. The quantitative estimate of drug-likeness (QED) is 0.300. The van der Waals surface area contributed by atoms with Crippen LogP contribution in [0.4, 0.5) is 11.8 Å². The highest BCUT2D eigenvalue weighted by Crippen LogP contribution is 2.33. The van der Waals surface area contributed by atoms with Crippen LogP contribution in [0, 0.1) is 0 Å². The number of fused-ring (bicyclic) bond motifs is 1. The van der Waals surface area contributed by atoms with Crippen molar-refractivity contribution in [1.82, 2.24) is 15.3 Å². The zero-order chi connectivity index (χ0) is 26.9. The van der Waals surface area contributed by atoms with Gasteiger partial charge in [0.05, 0.1) is 5.52 Å². The minimum atomic E-state index is -0.0424. The molecule has 1 aromatic heterocycles. The molecule has 2 N–H and O–H groups in total. The molecule has 0 bridgehead atoms. The number of amides is 1. The average molecular weight is 522 g/mol. The van der Waals surface area contributed by atoms with E-state index in [0.717, 1.165) is 66.2 Å². The molecule has 0 aliphatic heterocycles. The molecule has 1 fully saturated rings. The molecule has 4 aromatic rings. The van der Waals surface area contributed by atoms with Crippen LogP contribution in [0.1, 0.15) is 60.0 Å². The lowest BCUT2D eigenvalue weighted by atomic mass is 9.91. The lowest BCUT2D eigenvalue weighted by molar-refractivity contribution is -0.122. The first-order chi connectivity index (χ1) is 19.0. The Bertz CT molecular complexity index is 1550. The Labute approximate surface area is 229 Å². The third kappa shape index (κ3) is 5.18. The second-order valence-electron chi connectivity index (χ2n) is 11.1. The Kier molecular flexibility index (Phi) is 6.90. The summed E-state index contributed by atoms with van der Waals surface area (Å²) in [6.45, 7) is 0. The van der Waals surface area contributed by atoms with E-state index in [0.29, 0.717) is 5.95 Å². The molecule has 3 aromatic carbocycles. The van der Waals surface area contributed by atoms with Crippen LogP contribution in [-0.4, -0.2) is 47.8 Å². The number of ketones is 1. The number of aryl methyl sites for hydroxylation is 2. The van der Waals surface area contributed by atoms with Gasteiger partial charge in [0.25, 0.3) is 0 Å². The van der Waals surface area contributed by atoms with Gasteiger partial charge in [0, 0.05) is 50.0 Å². The van der Waals surface area contributed by atoms with Crippen molar-refractivity contribution in [3.8, 4) is 0 Å². The third-order valence-electron chi connectivity index (χ3n) is 8.19. The van der Waals surface area contributed by atoms with Gasteiger partial charge in [-0.25, -0.2) is 4.98 Å². The van der Waals surface area contributed by atoms with Crippen LogP contribution in [0.3, 0.4) is 0 Å². The van der Waals surface area contributed by atoms with Gasteiger partial charge >= 0.3 is 0 Å². The molecule has 0 radical (unpaired) electrons. The zero-order valence-corrected chi connectivity index (χ0v) is 22.7. The zero-order valence-electron chi connectivity index (χ0n) is 22.7. The Hall–Kier alpha value is -4.00. The lowest BCUT2D eigenvalue weighted by Gasteiger charge is -2.30.